The molecule has 0 saturated heterocycles. The molecule has 10 heteroatoms. The van der Waals surface area contributed by atoms with Crippen molar-refractivity contribution in [3.05, 3.63) is 65.3 Å². The molecule has 1 heterocycles. The molecule has 0 atom stereocenters. The van der Waals surface area contributed by atoms with E-state index in [1.807, 2.05) is 0 Å². The molecule has 7 nitrogen and oxygen atoms in total. The smallest absolute Gasteiger partial charge is 0.387 e. The van der Waals surface area contributed by atoms with Gasteiger partial charge in [0.1, 0.15) is 5.82 Å². The van der Waals surface area contributed by atoms with Gasteiger partial charge in [-0.05, 0) is 54.7 Å². The standard InChI is InChI=1S/C23H22F3N3O4/c24-16-6-3-13(4-7-16)11-28-21(30)20-19(10-27)32-22(29-20)15-5-8-17(33-23(25)26)18(9-15)31-12-14-1-2-14/h3-9,14,23H,1-2,10-12,27H2,(H,28,30). The summed E-state index contributed by atoms with van der Waals surface area (Å²) in [6.45, 7) is -2.53. The van der Waals surface area contributed by atoms with Crippen molar-refractivity contribution < 1.29 is 31.9 Å². The average Bonchev–Trinajstić information content (AvgIpc) is 3.53. The fraction of sp³-hybridized carbons (Fsp3) is 0.304. The number of carbonyl (C=O) groups excluding carboxylic acids is 1. The van der Waals surface area contributed by atoms with Crippen LogP contribution >= 0.6 is 0 Å². The number of alkyl halides is 2. The predicted octanol–water partition coefficient (Wildman–Crippen LogP) is 4.26. The van der Waals surface area contributed by atoms with E-state index in [4.69, 9.17) is 14.9 Å². The Morgan fingerprint density at radius 1 is 1.18 bits per heavy atom. The molecular weight excluding hydrogens is 439 g/mol. The third-order valence-electron chi connectivity index (χ3n) is 5.04. The van der Waals surface area contributed by atoms with Crippen molar-refractivity contribution in [2.75, 3.05) is 6.61 Å². The first-order valence-corrected chi connectivity index (χ1v) is 10.4. The molecule has 1 saturated carbocycles. The molecule has 0 bridgehead atoms. The number of oxazole rings is 1. The summed E-state index contributed by atoms with van der Waals surface area (Å²) in [7, 11) is 0. The van der Waals surface area contributed by atoms with Gasteiger partial charge in [-0.1, -0.05) is 12.1 Å². The van der Waals surface area contributed by atoms with Gasteiger partial charge in [0.15, 0.2) is 23.0 Å². The zero-order valence-electron chi connectivity index (χ0n) is 17.5. The van der Waals surface area contributed by atoms with E-state index in [0.29, 0.717) is 23.7 Å². The molecule has 0 unspecified atom stereocenters. The highest BCUT2D eigenvalue weighted by Crippen LogP contribution is 2.36. The van der Waals surface area contributed by atoms with Gasteiger partial charge in [0.05, 0.1) is 13.2 Å². The highest BCUT2D eigenvalue weighted by atomic mass is 19.3. The summed E-state index contributed by atoms with van der Waals surface area (Å²) in [6, 6.07) is 10.0. The molecule has 1 aliphatic rings. The van der Waals surface area contributed by atoms with E-state index in [1.54, 1.807) is 12.1 Å². The lowest BCUT2D eigenvalue weighted by molar-refractivity contribution is -0.0515. The van der Waals surface area contributed by atoms with Crippen molar-refractivity contribution in [3.8, 4) is 23.0 Å². The number of carbonyl (C=O) groups is 1. The molecule has 1 aromatic heterocycles. The van der Waals surface area contributed by atoms with E-state index in [1.165, 1.54) is 30.3 Å². The van der Waals surface area contributed by atoms with Gasteiger partial charge in [-0.15, -0.1) is 0 Å². The number of nitrogens with one attached hydrogen (secondary N) is 1. The zero-order valence-corrected chi connectivity index (χ0v) is 17.5. The van der Waals surface area contributed by atoms with E-state index in [-0.39, 0.29) is 47.8 Å². The molecule has 4 rings (SSSR count). The summed E-state index contributed by atoms with van der Waals surface area (Å²) >= 11 is 0. The maximum Gasteiger partial charge on any atom is 0.387 e. The monoisotopic (exact) mass is 461 g/mol. The summed E-state index contributed by atoms with van der Waals surface area (Å²) in [6.07, 6.45) is 2.06. The molecule has 1 amide bonds. The van der Waals surface area contributed by atoms with Gasteiger partial charge >= 0.3 is 6.61 Å². The van der Waals surface area contributed by atoms with E-state index in [0.717, 1.165) is 12.8 Å². The molecule has 2 aromatic carbocycles. The maximum atomic E-state index is 13.0. The first-order chi connectivity index (χ1) is 15.9. The van der Waals surface area contributed by atoms with Crippen LogP contribution in [0.5, 0.6) is 11.5 Å². The van der Waals surface area contributed by atoms with Crippen LogP contribution in [0.3, 0.4) is 0 Å². The van der Waals surface area contributed by atoms with Crippen molar-refractivity contribution >= 4 is 5.91 Å². The lowest BCUT2D eigenvalue weighted by Gasteiger charge is -2.12. The van der Waals surface area contributed by atoms with Crippen LogP contribution in [0.15, 0.2) is 46.9 Å². The second-order valence-electron chi connectivity index (χ2n) is 7.60. The number of benzene rings is 2. The first-order valence-electron chi connectivity index (χ1n) is 10.4. The zero-order chi connectivity index (χ0) is 23.4. The van der Waals surface area contributed by atoms with Crippen molar-refractivity contribution in [2.24, 2.45) is 11.7 Å². The van der Waals surface area contributed by atoms with Crippen LogP contribution in [-0.4, -0.2) is 24.1 Å². The Balaban J connectivity index is 1.53. The van der Waals surface area contributed by atoms with Crippen molar-refractivity contribution in [2.45, 2.75) is 32.5 Å². The van der Waals surface area contributed by atoms with E-state index in [2.05, 4.69) is 15.0 Å². The number of aromatic nitrogens is 1. The minimum Gasteiger partial charge on any atom is -0.489 e. The second-order valence-corrected chi connectivity index (χ2v) is 7.60. The van der Waals surface area contributed by atoms with E-state index >= 15 is 0 Å². The van der Waals surface area contributed by atoms with Crippen molar-refractivity contribution in [3.63, 3.8) is 0 Å². The Morgan fingerprint density at radius 3 is 2.61 bits per heavy atom. The number of rotatable bonds is 10. The van der Waals surface area contributed by atoms with Gasteiger partial charge in [-0.3, -0.25) is 4.79 Å². The molecule has 0 radical (unpaired) electrons. The van der Waals surface area contributed by atoms with Gasteiger partial charge in [0.2, 0.25) is 5.89 Å². The Hall–Kier alpha value is -3.53. The molecule has 1 fully saturated rings. The number of nitrogens with zero attached hydrogens (tertiary/aromatic N) is 1. The van der Waals surface area contributed by atoms with Gasteiger partial charge in [0.25, 0.3) is 5.91 Å². The number of halogens is 3. The van der Waals surface area contributed by atoms with Crippen molar-refractivity contribution in [1.29, 1.82) is 0 Å². The predicted molar refractivity (Wildman–Crippen MR) is 112 cm³/mol. The highest BCUT2D eigenvalue weighted by molar-refractivity contribution is 5.93. The molecule has 33 heavy (non-hydrogen) atoms. The second kappa shape index (κ2) is 9.95. The Labute approximate surface area is 187 Å². The molecule has 174 valence electrons. The normalized spacial score (nSPS) is 13.2. The highest BCUT2D eigenvalue weighted by Gasteiger charge is 2.24. The molecule has 3 aromatic rings. The summed E-state index contributed by atoms with van der Waals surface area (Å²) in [5.41, 5.74) is 6.84. The summed E-state index contributed by atoms with van der Waals surface area (Å²) in [5.74, 6) is -0.209. The Kier molecular flexibility index (Phi) is 6.83. The van der Waals surface area contributed by atoms with E-state index in [9.17, 15) is 18.0 Å². The largest absolute Gasteiger partial charge is 0.489 e. The minimum absolute atomic E-state index is 0.00275. The van der Waals surface area contributed by atoms with Crippen LogP contribution in [-0.2, 0) is 13.1 Å². The number of hydrogen-bond donors (Lipinski definition) is 2. The fourth-order valence-electron chi connectivity index (χ4n) is 3.10. The molecule has 1 aliphatic carbocycles. The minimum atomic E-state index is -3.00. The quantitative estimate of drug-likeness (QED) is 0.468. The van der Waals surface area contributed by atoms with Gasteiger partial charge in [0, 0.05) is 12.1 Å². The fourth-order valence-corrected chi connectivity index (χ4v) is 3.10. The average molecular weight is 461 g/mol. The number of ether oxygens (including phenoxy) is 2. The third kappa shape index (κ3) is 5.83. The van der Waals surface area contributed by atoms with Crippen LogP contribution in [0.2, 0.25) is 0 Å². The molecular formula is C23H22F3N3O4. The summed E-state index contributed by atoms with van der Waals surface area (Å²) < 4.78 is 54.4. The van der Waals surface area contributed by atoms with Crippen LogP contribution < -0.4 is 20.5 Å². The maximum absolute atomic E-state index is 13.0. The topological polar surface area (TPSA) is 99.6 Å². The Bertz CT molecular complexity index is 1110. The molecule has 0 spiro atoms. The molecule has 0 aliphatic heterocycles. The summed E-state index contributed by atoms with van der Waals surface area (Å²) in [4.78, 5) is 16.9. The number of nitrogens with two attached hydrogens (primary N) is 1. The van der Waals surface area contributed by atoms with Crippen molar-refractivity contribution in [1.82, 2.24) is 10.3 Å². The van der Waals surface area contributed by atoms with Gasteiger partial charge in [-0.2, -0.15) is 8.78 Å². The van der Waals surface area contributed by atoms with Crippen LogP contribution in [0, 0.1) is 11.7 Å². The van der Waals surface area contributed by atoms with Crippen LogP contribution in [0.25, 0.3) is 11.5 Å². The third-order valence-corrected chi connectivity index (χ3v) is 5.04. The lowest BCUT2D eigenvalue weighted by atomic mass is 10.2. The Morgan fingerprint density at radius 2 is 1.94 bits per heavy atom. The van der Waals surface area contributed by atoms with Crippen LogP contribution in [0.4, 0.5) is 13.2 Å². The lowest BCUT2D eigenvalue weighted by Crippen LogP contribution is -2.24. The van der Waals surface area contributed by atoms with E-state index < -0.39 is 12.5 Å². The first kappa shape index (κ1) is 22.7. The molecule has 3 N–H and O–H groups in total. The van der Waals surface area contributed by atoms with Gasteiger partial charge in [-0.25, -0.2) is 9.37 Å². The van der Waals surface area contributed by atoms with Gasteiger partial charge < -0.3 is 24.9 Å². The SMILES string of the molecule is NCc1oc(-c2ccc(OC(F)F)c(OCC3CC3)c2)nc1C(=O)NCc1ccc(F)cc1. The van der Waals surface area contributed by atoms with Crippen LogP contribution in [0.1, 0.15) is 34.7 Å². The summed E-state index contributed by atoms with van der Waals surface area (Å²) in [5, 5.41) is 2.69. The number of hydrogen-bond acceptors (Lipinski definition) is 6. The number of amides is 1.